The van der Waals surface area contributed by atoms with Gasteiger partial charge in [0.1, 0.15) is 18.2 Å². The second kappa shape index (κ2) is 4.97. The molecule has 4 nitrogen and oxygen atoms in total. The Hall–Kier alpha value is -1.88. The molecule has 0 atom stereocenters. The van der Waals surface area contributed by atoms with Gasteiger partial charge in [-0.3, -0.25) is 0 Å². The Morgan fingerprint density at radius 1 is 1.47 bits per heavy atom. The number of hydrogen-bond donors (Lipinski definition) is 1. The molecule has 0 saturated heterocycles. The van der Waals surface area contributed by atoms with E-state index in [1.54, 1.807) is 18.6 Å². The van der Waals surface area contributed by atoms with Crippen molar-refractivity contribution in [3.63, 3.8) is 0 Å². The number of imidazole rings is 1. The van der Waals surface area contributed by atoms with Crippen LogP contribution in [0.1, 0.15) is 11.3 Å². The Kier molecular flexibility index (Phi) is 3.39. The van der Waals surface area contributed by atoms with Crippen LogP contribution in [-0.4, -0.2) is 9.55 Å². The van der Waals surface area contributed by atoms with E-state index in [2.05, 4.69) is 4.98 Å². The maximum atomic E-state index is 13.0. The Morgan fingerprint density at radius 3 is 2.94 bits per heavy atom. The molecule has 17 heavy (non-hydrogen) atoms. The normalized spacial score (nSPS) is 10.5. The van der Waals surface area contributed by atoms with Crippen LogP contribution < -0.4 is 10.5 Å². The molecule has 90 valence electrons. The van der Waals surface area contributed by atoms with Gasteiger partial charge in [-0.1, -0.05) is 0 Å². The third-order valence-electron chi connectivity index (χ3n) is 2.53. The smallest absolute Gasteiger partial charge is 0.130 e. The summed E-state index contributed by atoms with van der Waals surface area (Å²) in [6.45, 7) is 0.633. The lowest BCUT2D eigenvalue weighted by atomic mass is 10.2. The van der Waals surface area contributed by atoms with Crippen LogP contribution >= 0.6 is 0 Å². The molecule has 1 aromatic heterocycles. The van der Waals surface area contributed by atoms with E-state index in [9.17, 15) is 4.39 Å². The summed E-state index contributed by atoms with van der Waals surface area (Å²) in [7, 11) is 1.89. The van der Waals surface area contributed by atoms with E-state index in [-0.39, 0.29) is 12.4 Å². The second-order valence-corrected chi connectivity index (χ2v) is 3.74. The number of hydrogen-bond acceptors (Lipinski definition) is 3. The van der Waals surface area contributed by atoms with E-state index >= 15 is 0 Å². The van der Waals surface area contributed by atoms with E-state index in [4.69, 9.17) is 10.5 Å². The summed E-state index contributed by atoms with van der Waals surface area (Å²) < 4.78 is 20.5. The van der Waals surface area contributed by atoms with E-state index in [0.717, 1.165) is 5.69 Å². The van der Waals surface area contributed by atoms with Gasteiger partial charge in [0.15, 0.2) is 0 Å². The Bertz CT molecular complexity index is 510. The van der Waals surface area contributed by atoms with Gasteiger partial charge in [0.2, 0.25) is 0 Å². The Balaban J connectivity index is 2.11. The first kappa shape index (κ1) is 11.6. The summed E-state index contributed by atoms with van der Waals surface area (Å²) in [5.41, 5.74) is 7.14. The minimum Gasteiger partial charge on any atom is -0.487 e. The fraction of sp³-hybridized carbons (Fsp3) is 0.250. The molecule has 0 radical (unpaired) electrons. The number of halogens is 1. The lowest BCUT2D eigenvalue weighted by molar-refractivity contribution is 0.293. The summed E-state index contributed by atoms with van der Waals surface area (Å²) in [5.74, 6) is 0.299. The van der Waals surface area contributed by atoms with Crippen LogP contribution in [0.5, 0.6) is 5.75 Å². The molecule has 1 aromatic carbocycles. The van der Waals surface area contributed by atoms with Gasteiger partial charge < -0.3 is 15.0 Å². The third-order valence-corrected chi connectivity index (χ3v) is 2.53. The van der Waals surface area contributed by atoms with Crippen molar-refractivity contribution in [2.75, 3.05) is 0 Å². The first-order valence-electron chi connectivity index (χ1n) is 5.27. The number of ether oxygens (including phenoxy) is 1. The van der Waals surface area contributed by atoms with Gasteiger partial charge in [-0.05, 0) is 18.2 Å². The molecule has 0 spiro atoms. The first-order chi connectivity index (χ1) is 8.20. The predicted octanol–water partition coefficient (Wildman–Crippen LogP) is 1.60. The maximum Gasteiger partial charge on any atom is 0.130 e. The maximum absolute atomic E-state index is 13.0. The van der Waals surface area contributed by atoms with Crippen molar-refractivity contribution < 1.29 is 9.13 Å². The largest absolute Gasteiger partial charge is 0.487 e. The topological polar surface area (TPSA) is 53.1 Å². The summed E-state index contributed by atoms with van der Waals surface area (Å²) in [5, 5.41) is 0. The highest BCUT2D eigenvalue weighted by atomic mass is 19.1. The first-order valence-corrected chi connectivity index (χ1v) is 5.27. The Labute approximate surface area is 98.8 Å². The van der Waals surface area contributed by atoms with Gasteiger partial charge in [0.05, 0.1) is 18.2 Å². The molecule has 0 fully saturated rings. The predicted molar refractivity (Wildman–Crippen MR) is 61.8 cm³/mol. The van der Waals surface area contributed by atoms with Crippen LogP contribution in [0.4, 0.5) is 4.39 Å². The zero-order chi connectivity index (χ0) is 12.3. The van der Waals surface area contributed by atoms with Crippen LogP contribution in [-0.2, 0) is 20.2 Å². The van der Waals surface area contributed by atoms with Gasteiger partial charge in [-0.2, -0.15) is 0 Å². The minimum absolute atomic E-state index is 0.248. The number of benzene rings is 1. The molecule has 0 aliphatic heterocycles. The van der Waals surface area contributed by atoms with Crippen molar-refractivity contribution in [3.05, 3.63) is 47.8 Å². The molecule has 2 N–H and O–H groups in total. The van der Waals surface area contributed by atoms with Gasteiger partial charge in [0.25, 0.3) is 0 Å². The van der Waals surface area contributed by atoms with Crippen LogP contribution in [0.25, 0.3) is 0 Å². The fourth-order valence-electron chi connectivity index (χ4n) is 1.52. The molecular weight excluding hydrogens is 221 g/mol. The average molecular weight is 235 g/mol. The van der Waals surface area contributed by atoms with Crippen molar-refractivity contribution >= 4 is 0 Å². The third kappa shape index (κ3) is 2.62. The Morgan fingerprint density at radius 2 is 2.29 bits per heavy atom. The van der Waals surface area contributed by atoms with Crippen molar-refractivity contribution in [2.45, 2.75) is 13.2 Å². The van der Waals surface area contributed by atoms with Crippen LogP contribution in [0, 0.1) is 5.82 Å². The standard InChI is InChI=1S/C12H14FN3O/c1-16-8-15-6-11(16)7-17-12-3-2-10(13)4-9(12)5-14/h2-4,6,8H,5,7,14H2,1H3. The number of aromatic nitrogens is 2. The van der Waals surface area contributed by atoms with Crippen LogP contribution in [0.3, 0.4) is 0 Å². The SMILES string of the molecule is Cn1cncc1COc1ccc(F)cc1CN. The summed E-state index contributed by atoms with van der Waals surface area (Å²) in [6, 6.07) is 4.34. The van der Waals surface area contributed by atoms with Crippen molar-refractivity contribution in [2.24, 2.45) is 12.8 Å². The molecule has 2 rings (SSSR count). The van der Waals surface area contributed by atoms with Gasteiger partial charge in [-0.15, -0.1) is 0 Å². The molecule has 0 aliphatic rings. The number of nitrogens with zero attached hydrogens (tertiary/aromatic N) is 2. The van der Waals surface area contributed by atoms with E-state index < -0.39 is 0 Å². The van der Waals surface area contributed by atoms with Gasteiger partial charge in [0, 0.05) is 19.2 Å². The lowest BCUT2D eigenvalue weighted by Gasteiger charge is -2.10. The summed E-state index contributed by atoms with van der Waals surface area (Å²) in [4.78, 5) is 3.99. The average Bonchev–Trinajstić information content (AvgIpc) is 2.73. The molecule has 0 amide bonds. The van der Waals surface area contributed by atoms with E-state index in [0.29, 0.717) is 17.9 Å². The molecule has 2 aromatic rings. The van der Waals surface area contributed by atoms with Crippen molar-refractivity contribution in [1.82, 2.24) is 9.55 Å². The molecule has 1 heterocycles. The van der Waals surface area contributed by atoms with Gasteiger partial charge >= 0.3 is 0 Å². The molecule has 0 unspecified atom stereocenters. The second-order valence-electron chi connectivity index (χ2n) is 3.74. The molecule has 0 aliphatic carbocycles. The number of aryl methyl sites for hydroxylation is 1. The fourth-order valence-corrected chi connectivity index (χ4v) is 1.52. The molecule has 0 bridgehead atoms. The number of nitrogens with two attached hydrogens (primary N) is 1. The number of rotatable bonds is 4. The van der Waals surface area contributed by atoms with Crippen LogP contribution in [0.15, 0.2) is 30.7 Å². The molecule has 5 heteroatoms. The van der Waals surface area contributed by atoms with E-state index in [1.807, 2.05) is 11.6 Å². The quantitative estimate of drug-likeness (QED) is 0.875. The van der Waals surface area contributed by atoms with E-state index in [1.165, 1.54) is 12.1 Å². The monoisotopic (exact) mass is 235 g/mol. The highest BCUT2D eigenvalue weighted by Gasteiger charge is 2.05. The lowest BCUT2D eigenvalue weighted by Crippen LogP contribution is -2.05. The highest BCUT2D eigenvalue weighted by molar-refractivity contribution is 5.33. The highest BCUT2D eigenvalue weighted by Crippen LogP contribution is 2.20. The van der Waals surface area contributed by atoms with Crippen molar-refractivity contribution in [3.8, 4) is 5.75 Å². The summed E-state index contributed by atoms with van der Waals surface area (Å²) >= 11 is 0. The molecule has 0 saturated carbocycles. The van der Waals surface area contributed by atoms with Crippen molar-refractivity contribution in [1.29, 1.82) is 0 Å². The zero-order valence-electron chi connectivity index (χ0n) is 9.56. The van der Waals surface area contributed by atoms with Crippen LogP contribution in [0.2, 0.25) is 0 Å². The summed E-state index contributed by atoms with van der Waals surface area (Å²) in [6.07, 6.45) is 3.43. The van der Waals surface area contributed by atoms with Gasteiger partial charge in [-0.25, -0.2) is 9.37 Å². The zero-order valence-corrected chi connectivity index (χ0v) is 9.56. The minimum atomic E-state index is -0.307. The molecular formula is C12H14FN3O.